The predicted octanol–water partition coefficient (Wildman–Crippen LogP) is 6.82. The fourth-order valence-electron chi connectivity index (χ4n) is 16.0. The van der Waals surface area contributed by atoms with E-state index in [-0.39, 0.29) is 95.9 Å². The van der Waals surface area contributed by atoms with Crippen LogP contribution in [0.5, 0.6) is 0 Å². The molecule has 3 saturated carbocycles. The van der Waals surface area contributed by atoms with Crippen LogP contribution in [-0.2, 0) is 57.5 Å². The lowest BCUT2D eigenvalue weighted by Gasteiger charge is -2.46. The van der Waals surface area contributed by atoms with E-state index in [1.54, 1.807) is 27.7 Å². The van der Waals surface area contributed by atoms with Gasteiger partial charge in [0.1, 0.15) is 72.1 Å². The Morgan fingerprint density at radius 2 is 1.23 bits per heavy atom. The molecule has 6 aliphatic rings. The number of ether oxygens (including phenoxy) is 1. The number of nitrogens with zero attached hydrogens (tertiary/aromatic N) is 8. The number of nitrogens with one attached hydrogen (secondary N) is 3. The van der Waals surface area contributed by atoms with E-state index >= 15 is 37.5 Å². The minimum absolute atomic E-state index is 0.00824. The SMILES string of the molecule is CCO[C@@H]1C[C@H]2C(=O)NC3(CCCC3)C(=O)N(C)[C@@H]([C@@H](C)CC)C(=O)N(C)[C@H](C)CC(=O)N(C)[C@@H](CC(C)C)C(=O)N[C@@H]([C@@H](C)CC)C(=O)N(C)[C@@H](C)C(=O)N3CC[C@H]3C(=O)N(CC)[C@@H](CC3CCC(C)CC3)C(=O)N(C)CC(=O)N[C@@H](CCC3CC(F)C(C(F)(F)F)C(F)C3)C(=O)N2C1. The average Bonchev–Trinajstić information content (AvgIpc) is 1.45. The van der Waals surface area contributed by atoms with Crippen molar-refractivity contribution in [1.82, 2.24) is 55.1 Å². The predicted molar refractivity (Wildman–Crippen MR) is 365 cm³/mol. The third kappa shape index (κ3) is 19.5. The topological polar surface area (TPSA) is 259 Å². The van der Waals surface area contributed by atoms with Crippen molar-refractivity contribution in [3.63, 3.8) is 0 Å². The quantitative estimate of drug-likeness (QED) is 0.152. The summed E-state index contributed by atoms with van der Waals surface area (Å²) < 4.78 is 78.6. The number of carbonyl (C=O) groups excluding carboxylic acids is 11. The maximum absolute atomic E-state index is 15.5. The van der Waals surface area contributed by atoms with Gasteiger partial charge in [0.2, 0.25) is 65.0 Å². The number of alkyl halides is 5. The van der Waals surface area contributed by atoms with Gasteiger partial charge in [0.05, 0.1) is 12.6 Å². The Labute approximate surface area is 589 Å². The summed E-state index contributed by atoms with van der Waals surface area (Å²) in [5.41, 5.74) is -1.60. The summed E-state index contributed by atoms with van der Waals surface area (Å²) >= 11 is 0. The first-order valence-electron chi connectivity index (χ1n) is 37.0. The van der Waals surface area contributed by atoms with Crippen molar-refractivity contribution in [3.8, 4) is 0 Å². The van der Waals surface area contributed by atoms with Gasteiger partial charge in [-0.25, -0.2) is 8.78 Å². The molecule has 568 valence electrons. The van der Waals surface area contributed by atoms with Gasteiger partial charge < -0.3 is 59.9 Å². The third-order valence-electron chi connectivity index (χ3n) is 23.1. The third-order valence-corrected chi connectivity index (χ3v) is 23.1. The minimum atomic E-state index is -5.16. The highest BCUT2D eigenvalue weighted by molar-refractivity contribution is 6.00. The Bertz CT molecular complexity index is 2870. The highest BCUT2D eigenvalue weighted by Gasteiger charge is 2.55. The zero-order valence-corrected chi connectivity index (χ0v) is 62.3. The number of fused-ring (bicyclic) bond motifs is 2. The Hall–Kier alpha value is -6.22. The van der Waals surface area contributed by atoms with Crippen LogP contribution in [0.3, 0.4) is 0 Å². The Morgan fingerprint density at radius 1 is 0.620 bits per heavy atom. The second-order valence-corrected chi connectivity index (χ2v) is 30.7. The standard InChI is InChI=1S/C72H118F5N11O12/c1-17-43(8)60-68(97)83(14)46(11)64(93)87-32-29-53(87)67(96)86(19-3)56(37-47-25-23-42(7)24-26-47)66(95)81(12)40-57(89)78-52(28-27-48-35-50(73)59(51(74)36-48)72(75,76)77)65(94)88-39-49(100-20-4)38-55(88)63(92)80-71(30-21-22-31-71)70(99)85(16)61(44(9)18-2)69(98)82(13)45(10)34-58(90)84(15)54(33-41(5)6)62(91)79-60/h41-56,59-61H,17-40H2,1-16H3,(H,78,89)(H,79,91)(H,80,92)/t42?,43-,44-,45+,46-,47?,48?,49+,50?,51?,52-,53-,54-,55-,56-,59?,60-,61-/m0/s1. The summed E-state index contributed by atoms with van der Waals surface area (Å²) in [5.74, 6) is -11.5. The molecular formula is C72H118F5N11O12. The molecule has 0 aromatic rings. The van der Waals surface area contributed by atoms with Gasteiger partial charge in [0.15, 0.2) is 0 Å². The molecule has 3 aliphatic heterocycles. The lowest BCUT2D eigenvalue weighted by molar-refractivity contribution is -0.219. The highest BCUT2D eigenvalue weighted by Crippen LogP contribution is 2.45. The van der Waals surface area contributed by atoms with Gasteiger partial charge in [-0.15, -0.1) is 0 Å². The van der Waals surface area contributed by atoms with Crippen LogP contribution in [0.4, 0.5) is 22.0 Å². The van der Waals surface area contributed by atoms with Gasteiger partial charge >= 0.3 is 6.18 Å². The molecule has 11 amide bonds. The smallest absolute Gasteiger partial charge is 0.377 e. The van der Waals surface area contributed by atoms with Crippen molar-refractivity contribution < 1.29 is 79.4 Å². The van der Waals surface area contributed by atoms with Crippen molar-refractivity contribution in [2.45, 2.75) is 283 Å². The molecule has 3 aliphatic carbocycles. The van der Waals surface area contributed by atoms with Gasteiger partial charge in [-0.1, -0.05) is 99.8 Å². The van der Waals surface area contributed by atoms with Crippen LogP contribution in [0.1, 0.15) is 198 Å². The van der Waals surface area contributed by atoms with Crippen LogP contribution in [0.25, 0.3) is 0 Å². The number of hydrogen-bond donors (Lipinski definition) is 3. The highest BCUT2D eigenvalue weighted by atomic mass is 19.4. The number of amides is 11. The molecule has 0 bridgehead atoms. The molecule has 3 saturated heterocycles. The first-order chi connectivity index (χ1) is 46.9. The summed E-state index contributed by atoms with van der Waals surface area (Å²) in [7, 11) is 7.30. The van der Waals surface area contributed by atoms with E-state index in [9.17, 15) is 37.1 Å². The number of halogens is 5. The van der Waals surface area contributed by atoms with E-state index in [0.29, 0.717) is 31.6 Å². The van der Waals surface area contributed by atoms with Gasteiger partial charge in [-0.05, 0) is 121 Å². The zero-order valence-electron chi connectivity index (χ0n) is 62.3. The molecule has 3 N–H and O–H groups in total. The molecule has 6 rings (SSSR count). The van der Waals surface area contributed by atoms with Crippen molar-refractivity contribution in [1.29, 1.82) is 0 Å². The summed E-state index contributed by atoms with van der Waals surface area (Å²) in [6, 6.07) is -10.5. The van der Waals surface area contributed by atoms with Crippen LogP contribution in [0, 0.1) is 41.4 Å². The molecule has 1 spiro atoms. The summed E-state index contributed by atoms with van der Waals surface area (Å²) in [5, 5.41) is 8.69. The van der Waals surface area contributed by atoms with Crippen LogP contribution < -0.4 is 16.0 Å². The molecule has 100 heavy (non-hydrogen) atoms. The number of hydrogen-bond acceptors (Lipinski definition) is 12. The molecule has 28 heteroatoms. The van der Waals surface area contributed by atoms with Crippen LogP contribution in [0.15, 0.2) is 0 Å². The van der Waals surface area contributed by atoms with Gasteiger partial charge in [-0.2, -0.15) is 13.2 Å². The Morgan fingerprint density at radius 3 is 1.77 bits per heavy atom. The first kappa shape index (κ1) is 82.7. The maximum Gasteiger partial charge on any atom is 0.397 e. The van der Waals surface area contributed by atoms with E-state index in [0.717, 1.165) is 30.6 Å². The molecule has 3 heterocycles. The molecule has 14 atom stereocenters. The van der Waals surface area contributed by atoms with Crippen LogP contribution in [0.2, 0.25) is 0 Å². The largest absolute Gasteiger partial charge is 0.397 e. The average molecular weight is 1420 g/mol. The van der Waals surface area contributed by atoms with Gasteiger partial charge in [0.25, 0.3) is 0 Å². The zero-order chi connectivity index (χ0) is 74.7. The summed E-state index contributed by atoms with van der Waals surface area (Å²) in [4.78, 5) is 175. The van der Waals surface area contributed by atoms with Crippen LogP contribution >= 0.6 is 0 Å². The second-order valence-electron chi connectivity index (χ2n) is 30.7. The van der Waals surface area contributed by atoms with E-state index < -0.39 is 193 Å². The van der Waals surface area contributed by atoms with E-state index in [4.69, 9.17) is 4.74 Å². The minimum Gasteiger partial charge on any atom is -0.377 e. The van der Waals surface area contributed by atoms with Crippen molar-refractivity contribution in [2.75, 3.05) is 68.0 Å². The Balaban J connectivity index is 1.44. The number of likely N-dealkylation sites (N-methyl/N-ethyl adjacent to an activating group) is 6. The second kappa shape index (κ2) is 35.8. The van der Waals surface area contributed by atoms with Gasteiger partial charge in [-0.3, -0.25) is 52.7 Å². The summed E-state index contributed by atoms with van der Waals surface area (Å²) in [6.07, 6.45) is -7.45. The monoisotopic (exact) mass is 1420 g/mol. The van der Waals surface area contributed by atoms with Crippen molar-refractivity contribution in [3.05, 3.63) is 0 Å². The fraction of sp³-hybridized carbons (Fsp3) is 0.847. The lowest BCUT2D eigenvalue weighted by Crippen LogP contribution is -2.65. The lowest BCUT2D eigenvalue weighted by atomic mass is 9.76. The normalized spacial score (nSPS) is 33.2. The first-order valence-corrected chi connectivity index (χ1v) is 37.0. The molecule has 6 fully saturated rings. The maximum atomic E-state index is 15.5. The van der Waals surface area contributed by atoms with E-state index in [2.05, 4.69) is 22.9 Å². The number of carbonyl (C=O) groups is 11. The van der Waals surface area contributed by atoms with Gasteiger partial charge in [0, 0.05) is 80.4 Å². The molecule has 0 aromatic heterocycles. The summed E-state index contributed by atoms with van der Waals surface area (Å²) in [6.45, 7) is 19.2. The van der Waals surface area contributed by atoms with E-state index in [1.807, 2.05) is 34.6 Å². The molecule has 0 radical (unpaired) electrons. The molecule has 0 aromatic carbocycles. The molecule has 2 unspecified atom stereocenters. The number of rotatable bonds is 14. The molecular weight excluding hydrogens is 1310 g/mol. The molecule has 23 nitrogen and oxygen atoms in total. The Kier molecular flexibility index (Phi) is 29.6. The van der Waals surface area contributed by atoms with Crippen LogP contribution in [-0.4, -0.2) is 257 Å². The van der Waals surface area contributed by atoms with E-state index in [1.165, 1.54) is 76.5 Å². The van der Waals surface area contributed by atoms with Crippen molar-refractivity contribution in [2.24, 2.45) is 41.4 Å². The fourth-order valence-corrected chi connectivity index (χ4v) is 16.0. The van der Waals surface area contributed by atoms with Crippen molar-refractivity contribution >= 4 is 65.0 Å².